The Labute approximate surface area is 90.0 Å². The normalized spacial score (nSPS) is 10.5. The van der Waals surface area contributed by atoms with Crippen molar-refractivity contribution in [2.45, 2.75) is 6.92 Å². The van der Waals surface area contributed by atoms with Crippen molar-refractivity contribution in [2.75, 3.05) is 13.7 Å². The van der Waals surface area contributed by atoms with Gasteiger partial charge in [0.25, 0.3) is 5.19 Å². The first-order valence-electron chi connectivity index (χ1n) is 4.45. The lowest BCUT2D eigenvalue weighted by Gasteiger charge is -1.96. The van der Waals surface area contributed by atoms with Crippen LogP contribution in [0.15, 0.2) is 6.07 Å². The molecule has 2 aromatic rings. The van der Waals surface area contributed by atoms with Gasteiger partial charge in [-0.3, -0.25) is 0 Å². The molecule has 2 rings (SSSR count). The molecule has 5 nitrogen and oxygen atoms in total. The molecular formula is C9H10N2O3S. The highest BCUT2D eigenvalue weighted by Crippen LogP contribution is 2.27. The molecule has 15 heavy (non-hydrogen) atoms. The lowest BCUT2D eigenvalue weighted by Crippen LogP contribution is -2.04. The molecule has 0 aromatic carbocycles. The number of carbonyl (C=O) groups excluding carboxylic acids is 1. The first kappa shape index (κ1) is 9.97. The number of nitrogens with one attached hydrogen (secondary N) is 1. The van der Waals surface area contributed by atoms with Crippen molar-refractivity contribution in [1.29, 1.82) is 0 Å². The number of aromatic nitrogens is 2. The van der Waals surface area contributed by atoms with Crippen LogP contribution in [0.5, 0.6) is 5.19 Å². The first-order chi connectivity index (χ1) is 7.24. The van der Waals surface area contributed by atoms with Crippen molar-refractivity contribution >= 4 is 27.7 Å². The summed E-state index contributed by atoms with van der Waals surface area (Å²) in [4.78, 5) is 19.3. The molecule has 0 aliphatic heterocycles. The van der Waals surface area contributed by atoms with Gasteiger partial charge in [0.1, 0.15) is 16.0 Å². The summed E-state index contributed by atoms with van der Waals surface area (Å²) in [5.74, 6) is -0.360. The molecule has 0 saturated carbocycles. The van der Waals surface area contributed by atoms with Crippen molar-refractivity contribution in [3.8, 4) is 5.19 Å². The number of aromatic amines is 1. The maximum absolute atomic E-state index is 11.4. The number of fused-ring (bicyclic) bond motifs is 1. The van der Waals surface area contributed by atoms with Gasteiger partial charge in [-0.2, -0.15) is 0 Å². The van der Waals surface area contributed by atoms with E-state index < -0.39 is 0 Å². The maximum atomic E-state index is 11.4. The van der Waals surface area contributed by atoms with Crippen LogP contribution in [0.25, 0.3) is 10.3 Å². The highest BCUT2D eigenvalue weighted by atomic mass is 32.1. The quantitative estimate of drug-likeness (QED) is 0.811. The molecule has 0 unspecified atom stereocenters. The Balaban J connectivity index is 2.32. The molecule has 0 atom stereocenters. The van der Waals surface area contributed by atoms with E-state index >= 15 is 0 Å². The van der Waals surface area contributed by atoms with E-state index in [1.165, 1.54) is 11.3 Å². The minimum absolute atomic E-state index is 0.360. The number of H-pyrrole nitrogens is 1. The molecule has 0 spiro atoms. The Morgan fingerprint density at radius 1 is 1.67 bits per heavy atom. The summed E-state index contributed by atoms with van der Waals surface area (Å²) in [5, 5.41) is 0.576. The summed E-state index contributed by atoms with van der Waals surface area (Å²) >= 11 is 1.36. The van der Waals surface area contributed by atoms with E-state index in [0.717, 1.165) is 10.3 Å². The van der Waals surface area contributed by atoms with Crippen LogP contribution in [0.4, 0.5) is 0 Å². The zero-order chi connectivity index (χ0) is 10.8. The van der Waals surface area contributed by atoms with Crippen molar-refractivity contribution < 1.29 is 14.3 Å². The van der Waals surface area contributed by atoms with Crippen LogP contribution in [-0.4, -0.2) is 29.7 Å². The molecule has 2 heterocycles. The molecule has 0 saturated heterocycles. The summed E-state index contributed by atoms with van der Waals surface area (Å²) in [6.07, 6.45) is 0. The predicted molar refractivity (Wildman–Crippen MR) is 56.5 cm³/mol. The molecule has 0 radical (unpaired) electrons. The van der Waals surface area contributed by atoms with Gasteiger partial charge < -0.3 is 14.5 Å². The van der Waals surface area contributed by atoms with Gasteiger partial charge in [0.15, 0.2) is 0 Å². The molecule has 0 bridgehead atoms. The third-order valence-corrected chi connectivity index (χ3v) is 2.78. The van der Waals surface area contributed by atoms with E-state index in [0.29, 0.717) is 17.5 Å². The predicted octanol–water partition coefficient (Wildman–Crippen LogP) is 1.81. The standard InChI is InChI=1S/C9H10N2O3S/c1-3-14-8(12)6-4-5-7(10-6)15-9(11-5)13-2/h4,10H,3H2,1-2H3. The van der Waals surface area contributed by atoms with Gasteiger partial charge in [0.2, 0.25) is 0 Å². The Morgan fingerprint density at radius 3 is 3.07 bits per heavy atom. The van der Waals surface area contributed by atoms with Crippen molar-refractivity contribution in [3.05, 3.63) is 11.8 Å². The molecule has 0 aliphatic carbocycles. The van der Waals surface area contributed by atoms with Crippen LogP contribution in [0.1, 0.15) is 17.4 Å². The van der Waals surface area contributed by atoms with Crippen LogP contribution < -0.4 is 4.74 Å². The Bertz CT molecular complexity index is 457. The van der Waals surface area contributed by atoms with E-state index in [2.05, 4.69) is 9.97 Å². The van der Waals surface area contributed by atoms with Crippen LogP contribution in [0.2, 0.25) is 0 Å². The van der Waals surface area contributed by atoms with Crippen LogP contribution in [-0.2, 0) is 4.74 Å². The van der Waals surface area contributed by atoms with Crippen molar-refractivity contribution in [1.82, 2.24) is 9.97 Å². The molecule has 0 fully saturated rings. The number of carbonyl (C=O) groups is 1. The summed E-state index contributed by atoms with van der Waals surface area (Å²) in [5.41, 5.74) is 1.15. The Kier molecular flexibility index (Phi) is 2.59. The number of nitrogens with zero attached hydrogens (tertiary/aromatic N) is 1. The maximum Gasteiger partial charge on any atom is 0.354 e. The molecule has 80 valence electrons. The van der Waals surface area contributed by atoms with E-state index in [4.69, 9.17) is 9.47 Å². The number of hydrogen-bond donors (Lipinski definition) is 1. The topological polar surface area (TPSA) is 64.2 Å². The lowest BCUT2D eigenvalue weighted by atomic mass is 10.4. The van der Waals surface area contributed by atoms with Crippen LogP contribution in [0, 0.1) is 0 Å². The van der Waals surface area contributed by atoms with Gasteiger partial charge in [0.05, 0.1) is 13.7 Å². The van der Waals surface area contributed by atoms with Gasteiger partial charge in [0, 0.05) is 0 Å². The van der Waals surface area contributed by atoms with E-state index in [-0.39, 0.29) is 5.97 Å². The second kappa shape index (κ2) is 3.90. The monoisotopic (exact) mass is 226 g/mol. The molecule has 0 amide bonds. The van der Waals surface area contributed by atoms with Crippen molar-refractivity contribution in [3.63, 3.8) is 0 Å². The lowest BCUT2D eigenvalue weighted by molar-refractivity contribution is 0.0520. The number of ether oxygens (including phenoxy) is 2. The third kappa shape index (κ3) is 1.80. The minimum Gasteiger partial charge on any atom is -0.473 e. The molecular weight excluding hydrogens is 216 g/mol. The molecule has 2 aromatic heterocycles. The van der Waals surface area contributed by atoms with Gasteiger partial charge in [-0.1, -0.05) is 11.3 Å². The second-order valence-electron chi connectivity index (χ2n) is 2.80. The molecule has 6 heteroatoms. The Morgan fingerprint density at radius 2 is 2.47 bits per heavy atom. The number of hydrogen-bond acceptors (Lipinski definition) is 5. The zero-order valence-electron chi connectivity index (χ0n) is 8.36. The van der Waals surface area contributed by atoms with Gasteiger partial charge in [-0.15, -0.1) is 0 Å². The van der Waals surface area contributed by atoms with E-state index in [1.54, 1.807) is 20.1 Å². The minimum atomic E-state index is -0.360. The summed E-state index contributed by atoms with van der Waals surface area (Å²) in [6.45, 7) is 2.13. The van der Waals surface area contributed by atoms with Crippen LogP contribution in [0.3, 0.4) is 0 Å². The van der Waals surface area contributed by atoms with Gasteiger partial charge in [-0.05, 0) is 13.0 Å². The fraction of sp³-hybridized carbons (Fsp3) is 0.333. The molecule has 0 aliphatic rings. The number of rotatable bonds is 3. The summed E-state index contributed by atoms with van der Waals surface area (Å²) in [6, 6.07) is 1.66. The SMILES string of the molecule is CCOC(=O)c1cc2nc(OC)sc2[nH]1. The summed E-state index contributed by atoms with van der Waals surface area (Å²) in [7, 11) is 1.56. The van der Waals surface area contributed by atoms with Crippen LogP contribution >= 0.6 is 11.3 Å². The fourth-order valence-corrected chi connectivity index (χ4v) is 1.97. The van der Waals surface area contributed by atoms with E-state index in [9.17, 15) is 4.79 Å². The van der Waals surface area contributed by atoms with E-state index in [1.807, 2.05) is 0 Å². The number of esters is 1. The fourth-order valence-electron chi connectivity index (χ4n) is 1.20. The second-order valence-corrected chi connectivity index (χ2v) is 3.76. The molecule has 1 N–H and O–H groups in total. The number of thiazole rings is 1. The van der Waals surface area contributed by atoms with Crippen molar-refractivity contribution in [2.24, 2.45) is 0 Å². The van der Waals surface area contributed by atoms with Gasteiger partial charge >= 0.3 is 5.97 Å². The van der Waals surface area contributed by atoms with Gasteiger partial charge in [-0.25, -0.2) is 9.78 Å². The number of methoxy groups -OCH3 is 1. The third-order valence-electron chi connectivity index (χ3n) is 1.83. The Hall–Kier alpha value is -1.56. The smallest absolute Gasteiger partial charge is 0.354 e. The average Bonchev–Trinajstić information content (AvgIpc) is 2.74. The first-order valence-corrected chi connectivity index (χ1v) is 5.27. The average molecular weight is 226 g/mol. The largest absolute Gasteiger partial charge is 0.473 e. The highest BCUT2D eigenvalue weighted by molar-refractivity contribution is 7.19. The summed E-state index contributed by atoms with van der Waals surface area (Å²) < 4.78 is 9.84. The zero-order valence-corrected chi connectivity index (χ0v) is 9.18. The highest BCUT2D eigenvalue weighted by Gasteiger charge is 2.13.